The van der Waals surface area contributed by atoms with Crippen LogP contribution in [-0.4, -0.2) is 38.6 Å². The van der Waals surface area contributed by atoms with E-state index in [-0.39, 0.29) is 5.92 Å². The molecule has 5 nitrogen and oxygen atoms in total. The van der Waals surface area contributed by atoms with Gasteiger partial charge in [0.05, 0.1) is 32.6 Å². The van der Waals surface area contributed by atoms with Gasteiger partial charge < -0.3 is 24.6 Å². The maximum Gasteiger partial charge on any atom is 0.161 e. The van der Waals surface area contributed by atoms with Crippen LogP contribution in [0, 0.1) is 0 Å². The summed E-state index contributed by atoms with van der Waals surface area (Å²) in [4.78, 5) is 0. The molecule has 0 unspecified atom stereocenters. The van der Waals surface area contributed by atoms with E-state index in [1.807, 2.05) is 30.3 Å². The highest BCUT2D eigenvalue weighted by atomic mass is 16.5. The monoisotopic (exact) mass is 327 g/mol. The maximum absolute atomic E-state index is 11.3. The van der Waals surface area contributed by atoms with E-state index in [9.17, 15) is 5.11 Å². The fraction of sp³-hybridized carbons (Fsp3) is 0.368. The van der Waals surface area contributed by atoms with Crippen molar-refractivity contribution in [2.75, 3.05) is 33.2 Å². The molecule has 2 aromatic carbocycles. The highest BCUT2D eigenvalue weighted by Crippen LogP contribution is 2.53. The molecule has 1 aliphatic carbocycles. The van der Waals surface area contributed by atoms with Crippen molar-refractivity contribution >= 4 is 5.69 Å². The highest BCUT2D eigenvalue weighted by Gasteiger charge is 2.49. The van der Waals surface area contributed by atoms with Crippen LogP contribution >= 0.6 is 0 Å². The van der Waals surface area contributed by atoms with E-state index in [4.69, 9.17) is 14.2 Å². The molecule has 5 heteroatoms. The van der Waals surface area contributed by atoms with Crippen LogP contribution in [0.1, 0.15) is 22.6 Å². The number of ether oxygens (including phenoxy) is 3. The van der Waals surface area contributed by atoms with Crippen LogP contribution in [-0.2, 0) is 6.42 Å². The van der Waals surface area contributed by atoms with Crippen molar-refractivity contribution in [1.29, 1.82) is 0 Å². The Kier molecular flexibility index (Phi) is 3.35. The van der Waals surface area contributed by atoms with E-state index in [0.717, 1.165) is 28.1 Å². The third-order valence-corrected chi connectivity index (χ3v) is 5.15. The number of hydrogen-bond acceptors (Lipinski definition) is 5. The zero-order valence-corrected chi connectivity index (χ0v) is 14.1. The smallest absolute Gasteiger partial charge is 0.161 e. The van der Waals surface area contributed by atoms with Crippen molar-refractivity contribution in [2.24, 2.45) is 0 Å². The van der Waals surface area contributed by atoms with Gasteiger partial charge in [-0.3, -0.25) is 0 Å². The van der Waals surface area contributed by atoms with Crippen molar-refractivity contribution < 1.29 is 19.3 Å². The molecule has 0 saturated carbocycles. The molecule has 0 radical (unpaired) electrons. The summed E-state index contributed by atoms with van der Waals surface area (Å²) in [6.45, 7) is 0.477. The Morgan fingerprint density at radius 2 is 1.71 bits per heavy atom. The molecule has 0 amide bonds. The first kappa shape index (κ1) is 15.1. The van der Waals surface area contributed by atoms with E-state index in [2.05, 4.69) is 5.32 Å². The molecular formula is C19H21NO4. The van der Waals surface area contributed by atoms with Crippen LogP contribution in [0.25, 0.3) is 0 Å². The lowest BCUT2D eigenvalue weighted by Gasteiger charge is -2.38. The van der Waals surface area contributed by atoms with Gasteiger partial charge in [-0.15, -0.1) is 0 Å². The Balaban J connectivity index is 1.92. The third kappa shape index (κ3) is 1.97. The Labute approximate surface area is 141 Å². The van der Waals surface area contributed by atoms with E-state index < -0.39 is 5.60 Å². The van der Waals surface area contributed by atoms with Crippen molar-refractivity contribution in [1.82, 2.24) is 0 Å². The van der Waals surface area contributed by atoms with Crippen LogP contribution in [0.15, 0.2) is 30.3 Å². The predicted octanol–water partition coefficient (Wildman–Crippen LogP) is 2.56. The molecule has 126 valence electrons. The van der Waals surface area contributed by atoms with Gasteiger partial charge in [0.15, 0.2) is 11.5 Å². The van der Waals surface area contributed by atoms with E-state index in [0.29, 0.717) is 24.5 Å². The van der Waals surface area contributed by atoms with Crippen LogP contribution in [0.4, 0.5) is 5.69 Å². The van der Waals surface area contributed by atoms with Gasteiger partial charge in [-0.2, -0.15) is 0 Å². The minimum Gasteiger partial charge on any atom is -0.495 e. The van der Waals surface area contributed by atoms with Gasteiger partial charge in [-0.25, -0.2) is 0 Å². The number of nitrogens with one attached hydrogen (secondary N) is 1. The van der Waals surface area contributed by atoms with Crippen molar-refractivity contribution in [3.8, 4) is 17.2 Å². The van der Waals surface area contributed by atoms with Gasteiger partial charge in [0, 0.05) is 18.9 Å². The average molecular weight is 327 g/mol. The van der Waals surface area contributed by atoms with Crippen LogP contribution in [0.2, 0.25) is 0 Å². The van der Waals surface area contributed by atoms with Crippen molar-refractivity contribution in [2.45, 2.75) is 17.9 Å². The molecule has 1 aliphatic heterocycles. The molecule has 2 aromatic rings. The molecule has 0 saturated heterocycles. The Morgan fingerprint density at radius 1 is 1.00 bits per heavy atom. The van der Waals surface area contributed by atoms with Crippen LogP contribution in [0.3, 0.4) is 0 Å². The van der Waals surface area contributed by atoms with Gasteiger partial charge in [-0.05, 0) is 34.9 Å². The number of benzene rings is 2. The van der Waals surface area contributed by atoms with Crippen LogP contribution < -0.4 is 19.5 Å². The Morgan fingerprint density at radius 3 is 2.42 bits per heavy atom. The molecule has 0 fully saturated rings. The summed E-state index contributed by atoms with van der Waals surface area (Å²) in [5.41, 5.74) is 3.33. The van der Waals surface area contributed by atoms with Gasteiger partial charge >= 0.3 is 0 Å². The van der Waals surface area contributed by atoms with Gasteiger partial charge in [0.1, 0.15) is 5.75 Å². The molecule has 2 aliphatic rings. The fourth-order valence-electron chi connectivity index (χ4n) is 4.09. The second-order valence-corrected chi connectivity index (χ2v) is 6.40. The fourth-order valence-corrected chi connectivity index (χ4v) is 4.09. The topological polar surface area (TPSA) is 60.0 Å². The summed E-state index contributed by atoms with van der Waals surface area (Å²) in [5, 5.41) is 14.6. The molecule has 2 atom stereocenters. The number of fused-ring (bicyclic) bond motifs is 5. The quantitative estimate of drug-likeness (QED) is 0.907. The summed E-state index contributed by atoms with van der Waals surface area (Å²) < 4.78 is 16.3. The Hall–Kier alpha value is -2.40. The van der Waals surface area contributed by atoms with Crippen LogP contribution in [0.5, 0.6) is 17.2 Å². The average Bonchev–Trinajstić information content (AvgIpc) is 2.91. The molecule has 4 rings (SSSR count). The van der Waals surface area contributed by atoms with Gasteiger partial charge in [0.25, 0.3) is 0 Å². The standard InChI is InChI=1S/C19H21NO4/c1-22-14-6-4-5-12-17-13-8-16(24-3)15(23-2)7-11(13)9-19(17,21)10-20-18(12)14/h4-8,17,20-21H,9-10H2,1-3H3/t17-,19+/m0/s1. The van der Waals surface area contributed by atoms with Crippen molar-refractivity contribution in [3.63, 3.8) is 0 Å². The minimum absolute atomic E-state index is 0.112. The molecule has 0 spiro atoms. The number of β-amino-alcohol motifs (C(OH)–C–C–N with tert-alkyl or cyclic N) is 1. The first-order chi connectivity index (χ1) is 11.6. The summed E-state index contributed by atoms with van der Waals surface area (Å²) in [5.74, 6) is 2.06. The number of aliphatic hydroxyl groups is 1. The first-order valence-corrected chi connectivity index (χ1v) is 7.99. The van der Waals surface area contributed by atoms with E-state index in [1.54, 1.807) is 21.3 Å². The summed E-state index contributed by atoms with van der Waals surface area (Å²) in [7, 11) is 4.92. The molecule has 2 N–H and O–H groups in total. The number of anilines is 1. The number of methoxy groups -OCH3 is 3. The summed E-state index contributed by atoms with van der Waals surface area (Å²) >= 11 is 0. The molecule has 24 heavy (non-hydrogen) atoms. The zero-order chi connectivity index (χ0) is 16.9. The summed E-state index contributed by atoms with van der Waals surface area (Å²) in [6.07, 6.45) is 0.580. The van der Waals surface area contributed by atoms with Crippen molar-refractivity contribution in [3.05, 3.63) is 47.0 Å². The maximum atomic E-state index is 11.3. The lowest BCUT2D eigenvalue weighted by molar-refractivity contribution is 0.0453. The minimum atomic E-state index is -0.862. The van der Waals surface area contributed by atoms with E-state index >= 15 is 0 Å². The molecule has 1 heterocycles. The normalized spacial score (nSPS) is 23.6. The lowest BCUT2D eigenvalue weighted by Crippen LogP contribution is -2.45. The number of hydrogen-bond donors (Lipinski definition) is 2. The largest absolute Gasteiger partial charge is 0.495 e. The third-order valence-electron chi connectivity index (χ3n) is 5.15. The molecule has 0 aromatic heterocycles. The van der Waals surface area contributed by atoms with Gasteiger partial charge in [0.2, 0.25) is 0 Å². The first-order valence-electron chi connectivity index (χ1n) is 7.99. The predicted molar refractivity (Wildman–Crippen MR) is 91.5 cm³/mol. The van der Waals surface area contributed by atoms with E-state index in [1.165, 1.54) is 0 Å². The second-order valence-electron chi connectivity index (χ2n) is 6.40. The number of rotatable bonds is 3. The lowest BCUT2D eigenvalue weighted by atomic mass is 9.78. The molecule has 0 bridgehead atoms. The summed E-state index contributed by atoms with van der Waals surface area (Å²) in [6, 6.07) is 9.91. The SMILES string of the molecule is COc1cc2c(cc1OC)[C@@H]1c3cccc(OC)c3NC[C@]1(O)C2. The number of para-hydroxylation sites is 1. The second kappa shape index (κ2) is 5.31. The highest BCUT2D eigenvalue weighted by molar-refractivity contribution is 5.70. The zero-order valence-electron chi connectivity index (χ0n) is 14.1. The van der Waals surface area contributed by atoms with Gasteiger partial charge in [-0.1, -0.05) is 12.1 Å². The Bertz CT molecular complexity index is 804. The molecular weight excluding hydrogens is 306 g/mol.